The summed E-state index contributed by atoms with van der Waals surface area (Å²) in [6.07, 6.45) is 2.95. The van der Waals surface area contributed by atoms with Crippen LogP contribution in [0.3, 0.4) is 0 Å². The number of carbonyl (C=O) groups excluding carboxylic acids is 1. The molecular weight excluding hydrogens is 312 g/mol. The van der Waals surface area contributed by atoms with Crippen molar-refractivity contribution in [2.75, 3.05) is 45.8 Å². The van der Waals surface area contributed by atoms with Crippen LogP contribution in [0.2, 0.25) is 0 Å². The Bertz CT molecular complexity index is 773. The standard InChI is InChI=1S/C20H26N4O/c1-2-8-22-10-12-24(13-11-22)20(25)15-23-9-7-17-16-5-3-4-6-18(16)21-19(17)14-23/h2-6,21H,1,7-15H2. The summed E-state index contributed by atoms with van der Waals surface area (Å²) in [6.45, 7) is 10.6. The van der Waals surface area contributed by atoms with E-state index >= 15 is 0 Å². The minimum Gasteiger partial charge on any atom is -0.357 e. The second-order valence-corrected chi connectivity index (χ2v) is 7.06. The summed E-state index contributed by atoms with van der Waals surface area (Å²) >= 11 is 0. The molecule has 0 atom stereocenters. The Labute approximate surface area is 148 Å². The first-order valence-corrected chi connectivity index (χ1v) is 9.16. The number of hydrogen-bond acceptors (Lipinski definition) is 3. The smallest absolute Gasteiger partial charge is 0.236 e. The van der Waals surface area contributed by atoms with Crippen molar-refractivity contribution in [3.63, 3.8) is 0 Å². The molecule has 0 spiro atoms. The highest BCUT2D eigenvalue weighted by Gasteiger charge is 2.25. The van der Waals surface area contributed by atoms with Crippen molar-refractivity contribution in [2.24, 2.45) is 0 Å². The molecule has 5 heteroatoms. The number of aromatic amines is 1. The van der Waals surface area contributed by atoms with E-state index in [1.807, 2.05) is 11.0 Å². The fourth-order valence-electron chi connectivity index (χ4n) is 4.04. The van der Waals surface area contributed by atoms with Gasteiger partial charge in [0.2, 0.25) is 5.91 Å². The molecule has 0 bridgehead atoms. The van der Waals surface area contributed by atoms with Crippen LogP contribution in [-0.2, 0) is 17.8 Å². The average molecular weight is 338 g/mol. The molecule has 1 saturated heterocycles. The van der Waals surface area contributed by atoms with E-state index in [9.17, 15) is 4.79 Å². The van der Waals surface area contributed by atoms with Crippen LogP contribution in [0.5, 0.6) is 0 Å². The van der Waals surface area contributed by atoms with E-state index in [4.69, 9.17) is 0 Å². The van der Waals surface area contributed by atoms with Gasteiger partial charge in [0.05, 0.1) is 6.54 Å². The van der Waals surface area contributed by atoms with Gasteiger partial charge in [0.15, 0.2) is 0 Å². The van der Waals surface area contributed by atoms with Gasteiger partial charge in [-0.1, -0.05) is 24.3 Å². The number of rotatable bonds is 4. The fraction of sp³-hybridized carbons (Fsp3) is 0.450. The summed E-state index contributed by atoms with van der Waals surface area (Å²) in [5.41, 5.74) is 3.91. The molecule has 2 aromatic rings. The van der Waals surface area contributed by atoms with Crippen LogP contribution in [0.4, 0.5) is 0 Å². The number of nitrogens with one attached hydrogen (secondary N) is 1. The number of aromatic nitrogens is 1. The number of carbonyl (C=O) groups is 1. The Balaban J connectivity index is 1.36. The number of benzene rings is 1. The monoisotopic (exact) mass is 338 g/mol. The van der Waals surface area contributed by atoms with Crippen molar-refractivity contribution in [1.82, 2.24) is 19.7 Å². The third-order valence-corrected chi connectivity index (χ3v) is 5.43. The molecule has 0 aliphatic carbocycles. The highest BCUT2D eigenvalue weighted by molar-refractivity contribution is 5.85. The van der Waals surface area contributed by atoms with Crippen molar-refractivity contribution in [2.45, 2.75) is 13.0 Å². The number of amides is 1. The van der Waals surface area contributed by atoms with Crippen LogP contribution < -0.4 is 0 Å². The SMILES string of the molecule is C=CCN1CCN(C(=O)CN2CCc3c([nH]c4ccccc34)C2)CC1. The largest absolute Gasteiger partial charge is 0.357 e. The lowest BCUT2D eigenvalue weighted by Crippen LogP contribution is -2.51. The van der Waals surface area contributed by atoms with Crippen molar-refractivity contribution in [3.8, 4) is 0 Å². The molecule has 5 nitrogen and oxygen atoms in total. The van der Waals surface area contributed by atoms with Crippen LogP contribution in [-0.4, -0.2) is 71.4 Å². The molecule has 25 heavy (non-hydrogen) atoms. The topological polar surface area (TPSA) is 42.6 Å². The number of H-pyrrole nitrogens is 1. The number of hydrogen-bond donors (Lipinski definition) is 1. The summed E-state index contributed by atoms with van der Waals surface area (Å²) in [6, 6.07) is 8.48. The van der Waals surface area contributed by atoms with Crippen molar-refractivity contribution in [1.29, 1.82) is 0 Å². The third-order valence-electron chi connectivity index (χ3n) is 5.43. The molecule has 1 amide bonds. The molecule has 2 aliphatic heterocycles. The highest BCUT2D eigenvalue weighted by atomic mass is 16.2. The van der Waals surface area contributed by atoms with Gasteiger partial charge in [0.1, 0.15) is 0 Å². The molecule has 2 aliphatic rings. The zero-order valence-corrected chi connectivity index (χ0v) is 14.7. The number of piperazine rings is 1. The summed E-state index contributed by atoms with van der Waals surface area (Å²) in [5, 5.41) is 1.34. The predicted octanol–water partition coefficient (Wildman–Crippen LogP) is 1.86. The maximum absolute atomic E-state index is 12.7. The van der Waals surface area contributed by atoms with Crippen LogP contribution in [0.1, 0.15) is 11.3 Å². The maximum atomic E-state index is 12.7. The quantitative estimate of drug-likeness (QED) is 0.866. The van der Waals surface area contributed by atoms with Gasteiger partial charge in [-0.25, -0.2) is 0 Å². The van der Waals surface area contributed by atoms with E-state index in [0.29, 0.717) is 6.54 Å². The van der Waals surface area contributed by atoms with E-state index in [2.05, 4.69) is 45.6 Å². The van der Waals surface area contributed by atoms with Gasteiger partial charge in [-0.2, -0.15) is 0 Å². The maximum Gasteiger partial charge on any atom is 0.236 e. The first-order chi connectivity index (χ1) is 12.2. The molecule has 4 rings (SSSR count). The number of nitrogens with zero attached hydrogens (tertiary/aromatic N) is 3. The summed E-state index contributed by atoms with van der Waals surface area (Å²) in [7, 11) is 0. The van der Waals surface area contributed by atoms with Gasteiger partial charge in [0.25, 0.3) is 0 Å². The van der Waals surface area contributed by atoms with Crippen molar-refractivity contribution in [3.05, 3.63) is 48.2 Å². The zero-order valence-electron chi connectivity index (χ0n) is 14.7. The van der Waals surface area contributed by atoms with Crippen LogP contribution in [0, 0.1) is 0 Å². The first kappa shape index (κ1) is 16.4. The van der Waals surface area contributed by atoms with Crippen LogP contribution in [0.15, 0.2) is 36.9 Å². The normalized spacial score (nSPS) is 19.1. The number of para-hydroxylation sites is 1. The Morgan fingerprint density at radius 2 is 1.92 bits per heavy atom. The van der Waals surface area contributed by atoms with E-state index in [1.54, 1.807) is 0 Å². The van der Waals surface area contributed by atoms with Gasteiger partial charge in [-0.15, -0.1) is 6.58 Å². The second kappa shape index (κ2) is 7.02. The first-order valence-electron chi connectivity index (χ1n) is 9.16. The summed E-state index contributed by atoms with van der Waals surface area (Å²) < 4.78 is 0. The van der Waals surface area contributed by atoms with Crippen molar-refractivity contribution >= 4 is 16.8 Å². The van der Waals surface area contributed by atoms with Crippen molar-refractivity contribution < 1.29 is 4.79 Å². The average Bonchev–Trinajstić information content (AvgIpc) is 3.00. The summed E-state index contributed by atoms with van der Waals surface area (Å²) in [5.74, 6) is 0.262. The summed E-state index contributed by atoms with van der Waals surface area (Å²) in [4.78, 5) is 22.8. The van der Waals surface area contributed by atoms with Crippen LogP contribution >= 0.6 is 0 Å². The number of fused-ring (bicyclic) bond motifs is 3. The molecule has 0 radical (unpaired) electrons. The van der Waals surface area contributed by atoms with E-state index in [1.165, 1.54) is 22.2 Å². The predicted molar refractivity (Wildman–Crippen MR) is 100 cm³/mol. The molecule has 1 aromatic carbocycles. The molecular formula is C20H26N4O. The minimum atomic E-state index is 0.262. The Morgan fingerprint density at radius 1 is 1.12 bits per heavy atom. The van der Waals surface area contributed by atoms with Gasteiger partial charge in [-0.3, -0.25) is 14.6 Å². The lowest BCUT2D eigenvalue weighted by atomic mass is 10.0. The molecule has 1 N–H and O–H groups in total. The Hall–Kier alpha value is -2.11. The van der Waals surface area contributed by atoms with Gasteiger partial charge < -0.3 is 9.88 Å². The fourth-order valence-corrected chi connectivity index (χ4v) is 4.04. The molecule has 0 unspecified atom stereocenters. The zero-order chi connectivity index (χ0) is 17.2. The Morgan fingerprint density at radius 3 is 2.72 bits per heavy atom. The van der Waals surface area contributed by atoms with E-state index in [-0.39, 0.29) is 5.91 Å². The second-order valence-electron chi connectivity index (χ2n) is 7.06. The minimum absolute atomic E-state index is 0.262. The Kier molecular flexibility index (Phi) is 4.59. The van der Waals surface area contributed by atoms with Gasteiger partial charge in [-0.05, 0) is 18.1 Å². The van der Waals surface area contributed by atoms with E-state index in [0.717, 1.165) is 52.2 Å². The molecule has 1 fully saturated rings. The molecule has 3 heterocycles. The van der Waals surface area contributed by atoms with Gasteiger partial charge >= 0.3 is 0 Å². The molecule has 0 saturated carbocycles. The van der Waals surface area contributed by atoms with E-state index < -0.39 is 0 Å². The lowest BCUT2D eigenvalue weighted by Gasteiger charge is -2.36. The molecule has 1 aromatic heterocycles. The molecule has 132 valence electrons. The van der Waals surface area contributed by atoms with Crippen LogP contribution in [0.25, 0.3) is 10.9 Å². The highest BCUT2D eigenvalue weighted by Crippen LogP contribution is 2.27. The third kappa shape index (κ3) is 3.34. The van der Waals surface area contributed by atoms with Gasteiger partial charge in [0, 0.05) is 62.4 Å². The lowest BCUT2D eigenvalue weighted by molar-refractivity contribution is -0.134.